The van der Waals surface area contributed by atoms with Gasteiger partial charge in [-0.2, -0.15) is 0 Å². The number of esters is 2. The first-order valence-corrected chi connectivity index (χ1v) is 10.5. The van der Waals surface area contributed by atoms with E-state index in [1.165, 1.54) is 12.2 Å². The molecule has 26 heavy (non-hydrogen) atoms. The summed E-state index contributed by atoms with van der Waals surface area (Å²) in [6.45, 7) is 11.1. The number of carbonyl (C=O) groups is 2. The summed E-state index contributed by atoms with van der Waals surface area (Å²) in [5.74, 6) is -1.54. The van der Waals surface area contributed by atoms with E-state index in [4.69, 9.17) is 18.5 Å². The van der Waals surface area contributed by atoms with Crippen LogP contribution in [0.5, 0.6) is 0 Å². The van der Waals surface area contributed by atoms with Crippen molar-refractivity contribution in [3.63, 3.8) is 0 Å². The van der Waals surface area contributed by atoms with Crippen LogP contribution in [0.2, 0.25) is 0 Å². The van der Waals surface area contributed by atoms with Crippen molar-refractivity contribution in [2.75, 3.05) is 26.4 Å². The fourth-order valence-electron chi connectivity index (χ4n) is 1.82. The Hall–Kier alpha value is -1.43. The quantitative estimate of drug-likeness (QED) is 0.170. The number of ether oxygens (including phenoxy) is 2. The third kappa shape index (κ3) is 9.90. The fraction of sp³-hybridized carbons (Fsp3) is 0.667. The van der Waals surface area contributed by atoms with E-state index >= 15 is 0 Å². The summed E-state index contributed by atoms with van der Waals surface area (Å²) in [7, 11) is -3.91. The maximum absolute atomic E-state index is 13.3. The highest BCUT2D eigenvalue weighted by Gasteiger charge is 2.44. The first-order valence-electron chi connectivity index (χ1n) is 8.87. The lowest BCUT2D eigenvalue weighted by Crippen LogP contribution is -2.29. The van der Waals surface area contributed by atoms with Gasteiger partial charge in [-0.05, 0) is 12.8 Å². The van der Waals surface area contributed by atoms with Crippen molar-refractivity contribution in [3.05, 3.63) is 25.3 Å². The van der Waals surface area contributed by atoms with Gasteiger partial charge in [-0.3, -0.25) is 14.2 Å². The Kier molecular flexibility index (Phi) is 13.9. The monoisotopic (exact) mass is 390 g/mol. The molecule has 8 heteroatoms. The number of hydrogen-bond acceptors (Lipinski definition) is 7. The van der Waals surface area contributed by atoms with Crippen LogP contribution in [0.25, 0.3) is 0 Å². The zero-order chi connectivity index (χ0) is 19.8. The van der Waals surface area contributed by atoms with Crippen LogP contribution in [0.4, 0.5) is 0 Å². The molecule has 0 N–H and O–H groups in total. The minimum absolute atomic E-state index is 0.00898. The van der Waals surface area contributed by atoms with Crippen LogP contribution in [0.1, 0.15) is 46.0 Å². The molecule has 0 spiro atoms. The number of unbranched alkanes of at least 4 members (excludes halogenated alkanes) is 2. The normalized spacial score (nSPS) is 12.2. The Morgan fingerprint density at radius 2 is 1.46 bits per heavy atom. The molecule has 150 valence electrons. The zero-order valence-electron chi connectivity index (χ0n) is 15.8. The summed E-state index contributed by atoms with van der Waals surface area (Å²) in [5, 5.41) is 0. The van der Waals surface area contributed by atoms with Gasteiger partial charge in [0, 0.05) is 0 Å². The van der Waals surface area contributed by atoms with Crippen molar-refractivity contribution < 1.29 is 32.7 Å². The highest BCUT2D eigenvalue weighted by atomic mass is 31.2. The Morgan fingerprint density at radius 1 is 0.962 bits per heavy atom. The Morgan fingerprint density at radius 3 is 1.92 bits per heavy atom. The van der Waals surface area contributed by atoms with Gasteiger partial charge >= 0.3 is 19.5 Å². The summed E-state index contributed by atoms with van der Waals surface area (Å²) in [6, 6.07) is 0. The standard InChI is InChI=1S/C18H31O7P/c1-5-9-13-24-26(21,25-14-10-6-2)16(18(20)23-12-8-4)15-17(19)22-11-7-3/h7-8,16H,3-6,9-15H2,1-2H3. The van der Waals surface area contributed by atoms with E-state index in [0.29, 0.717) is 12.8 Å². The second kappa shape index (κ2) is 14.7. The molecule has 0 amide bonds. The molecule has 0 aliphatic carbocycles. The molecule has 0 radical (unpaired) electrons. The van der Waals surface area contributed by atoms with Crippen LogP contribution in [-0.4, -0.2) is 44.0 Å². The van der Waals surface area contributed by atoms with Gasteiger partial charge in [0.15, 0.2) is 5.66 Å². The number of hydrogen-bond donors (Lipinski definition) is 0. The molecule has 1 unspecified atom stereocenters. The molecule has 0 bridgehead atoms. The molecule has 0 aromatic heterocycles. The lowest BCUT2D eigenvalue weighted by molar-refractivity contribution is -0.149. The molecule has 0 heterocycles. The first-order chi connectivity index (χ1) is 12.4. The van der Waals surface area contributed by atoms with E-state index in [9.17, 15) is 14.2 Å². The molecular formula is C18H31O7P. The second-order valence-electron chi connectivity index (χ2n) is 5.52. The van der Waals surface area contributed by atoms with E-state index in [2.05, 4.69) is 13.2 Å². The van der Waals surface area contributed by atoms with Gasteiger partial charge < -0.3 is 18.5 Å². The van der Waals surface area contributed by atoms with Gasteiger partial charge in [-0.15, -0.1) is 0 Å². The average molecular weight is 390 g/mol. The summed E-state index contributed by atoms with van der Waals surface area (Å²) in [5.41, 5.74) is -1.38. The highest BCUT2D eigenvalue weighted by Crippen LogP contribution is 2.55. The van der Waals surface area contributed by atoms with Crippen molar-refractivity contribution >= 4 is 19.5 Å². The summed E-state index contributed by atoms with van der Waals surface area (Å²) in [4.78, 5) is 24.4. The molecule has 1 atom stereocenters. The molecule has 0 aromatic carbocycles. The third-order valence-electron chi connectivity index (χ3n) is 3.26. The maximum Gasteiger partial charge on any atom is 0.345 e. The largest absolute Gasteiger partial charge is 0.461 e. The smallest absolute Gasteiger partial charge is 0.345 e. The zero-order valence-corrected chi connectivity index (χ0v) is 16.7. The van der Waals surface area contributed by atoms with Gasteiger partial charge in [0.2, 0.25) is 0 Å². The molecular weight excluding hydrogens is 359 g/mol. The first kappa shape index (κ1) is 24.6. The van der Waals surface area contributed by atoms with Crippen LogP contribution in [0.3, 0.4) is 0 Å². The molecule has 0 saturated heterocycles. The van der Waals surface area contributed by atoms with Crippen LogP contribution in [-0.2, 0) is 32.7 Å². The van der Waals surface area contributed by atoms with E-state index in [0.717, 1.165) is 12.8 Å². The lowest BCUT2D eigenvalue weighted by Gasteiger charge is -2.25. The minimum atomic E-state index is -3.91. The van der Waals surface area contributed by atoms with Crippen molar-refractivity contribution in [1.29, 1.82) is 0 Å². The van der Waals surface area contributed by atoms with E-state index < -0.39 is 31.6 Å². The number of rotatable bonds is 16. The van der Waals surface area contributed by atoms with Gasteiger partial charge in [-0.25, -0.2) is 0 Å². The van der Waals surface area contributed by atoms with Gasteiger partial charge in [0.25, 0.3) is 0 Å². The summed E-state index contributed by atoms with van der Waals surface area (Å²) < 4.78 is 34.1. The maximum atomic E-state index is 13.3. The topological polar surface area (TPSA) is 88.1 Å². The Balaban J connectivity index is 5.38. The van der Waals surface area contributed by atoms with E-state index in [1.54, 1.807) is 0 Å². The fourth-order valence-corrected chi connectivity index (χ4v) is 3.73. The molecule has 0 aliphatic rings. The van der Waals surface area contributed by atoms with Crippen molar-refractivity contribution in [2.24, 2.45) is 0 Å². The lowest BCUT2D eigenvalue weighted by atomic mass is 10.3. The molecule has 7 nitrogen and oxygen atoms in total. The van der Waals surface area contributed by atoms with Gasteiger partial charge in [-0.1, -0.05) is 52.0 Å². The van der Waals surface area contributed by atoms with Crippen LogP contribution in [0, 0.1) is 0 Å². The molecule has 0 fully saturated rings. The SMILES string of the molecule is C=CCOC(=O)CC(C(=O)OCC=C)P(=O)(OCCCC)OCCCC. The predicted molar refractivity (Wildman–Crippen MR) is 100 cm³/mol. The summed E-state index contributed by atoms with van der Waals surface area (Å²) in [6.07, 6.45) is 5.26. The highest BCUT2D eigenvalue weighted by molar-refractivity contribution is 7.55. The minimum Gasteiger partial charge on any atom is -0.461 e. The average Bonchev–Trinajstić information content (AvgIpc) is 2.62. The Bertz CT molecular complexity index is 476. The third-order valence-corrected chi connectivity index (χ3v) is 5.50. The number of carbonyl (C=O) groups excluding carboxylic acids is 2. The molecule has 0 aliphatic heterocycles. The van der Waals surface area contributed by atoms with E-state index in [-0.39, 0.29) is 26.4 Å². The van der Waals surface area contributed by atoms with Crippen LogP contribution < -0.4 is 0 Å². The van der Waals surface area contributed by atoms with Crippen LogP contribution in [0.15, 0.2) is 25.3 Å². The van der Waals surface area contributed by atoms with Crippen molar-refractivity contribution in [2.45, 2.75) is 51.6 Å². The predicted octanol–water partition coefficient (Wildman–Crippen LogP) is 4.03. The van der Waals surface area contributed by atoms with Gasteiger partial charge in [0.1, 0.15) is 13.2 Å². The second-order valence-corrected chi connectivity index (χ2v) is 7.74. The molecule has 0 saturated carbocycles. The van der Waals surface area contributed by atoms with Crippen molar-refractivity contribution in [3.8, 4) is 0 Å². The molecule has 0 aromatic rings. The van der Waals surface area contributed by atoms with Crippen molar-refractivity contribution in [1.82, 2.24) is 0 Å². The van der Waals surface area contributed by atoms with Crippen LogP contribution >= 0.6 is 7.60 Å². The molecule has 0 rings (SSSR count). The Labute approximate surface area is 156 Å². The summed E-state index contributed by atoms with van der Waals surface area (Å²) >= 11 is 0. The van der Waals surface area contributed by atoms with Gasteiger partial charge in [0.05, 0.1) is 19.6 Å². The van der Waals surface area contributed by atoms with E-state index in [1.807, 2.05) is 13.8 Å².